The maximum Gasteiger partial charge on any atom is 0.240 e. The summed E-state index contributed by atoms with van der Waals surface area (Å²) in [6.45, 7) is 3.81. The zero-order chi connectivity index (χ0) is 13.9. The van der Waals surface area contributed by atoms with Crippen LogP contribution in [0.4, 0.5) is 4.39 Å². The maximum absolute atomic E-state index is 13.4. The van der Waals surface area contributed by atoms with Gasteiger partial charge in [0.2, 0.25) is 10.0 Å². The fourth-order valence-electron chi connectivity index (χ4n) is 2.15. The maximum atomic E-state index is 13.4. The molecule has 2 rings (SSSR count). The highest BCUT2D eigenvalue weighted by Crippen LogP contribution is 2.15. The number of nitrogens with one attached hydrogen (secondary N) is 2. The van der Waals surface area contributed by atoms with Crippen molar-refractivity contribution >= 4 is 10.0 Å². The minimum absolute atomic E-state index is 0.0145. The third-order valence-corrected chi connectivity index (χ3v) is 4.84. The summed E-state index contributed by atoms with van der Waals surface area (Å²) in [6, 6.07) is 3.97. The first-order chi connectivity index (χ1) is 8.99. The molecule has 1 aromatic rings. The van der Waals surface area contributed by atoms with Gasteiger partial charge in [-0.1, -0.05) is 6.07 Å². The van der Waals surface area contributed by atoms with Gasteiger partial charge >= 0.3 is 0 Å². The van der Waals surface area contributed by atoms with Crippen LogP contribution >= 0.6 is 0 Å². The summed E-state index contributed by atoms with van der Waals surface area (Å²) in [5.74, 6) is -0.193. The van der Waals surface area contributed by atoms with Crippen LogP contribution in [0.25, 0.3) is 0 Å². The van der Waals surface area contributed by atoms with Crippen LogP contribution < -0.4 is 10.0 Å². The van der Waals surface area contributed by atoms with Crippen molar-refractivity contribution in [3.63, 3.8) is 0 Å². The first-order valence-electron chi connectivity index (χ1n) is 6.45. The summed E-state index contributed by atoms with van der Waals surface area (Å²) < 4.78 is 40.0. The van der Waals surface area contributed by atoms with Crippen LogP contribution in [-0.4, -0.2) is 28.1 Å². The predicted molar refractivity (Wildman–Crippen MR) is 71.9 cm³/mol. The van der Waals surface area contributed by atoms with E-state index in [1.165, 1.54) is 12.1 Å². The average Bonchev–Trinajstić information content (AvgIpc) is 2.41. The standard InChI is InChI=1S/C13H19FN2O2S/c1-10-4-5-12(7-13(10)14)19(17,18)16-9-11-3-2-6-15-8-11/h4-5,7,11,15-16H,2-3,6,8-9H2,1H3/t11-/m0/s1. The number of piperidine rings is 1. The monoisotopic (exact) mass is 286 g/mol. The molecule has 2 N–H and O–H groups in total. The van der Waals surface area contributed by atoms with Gasteiger partial charge in [0.05, 0.1) is 4.90 Å². The van der Waals surface area contributed by atoms with Gasteiger partial charge in [-0.3, -0.25) is 0 Å². The molecule has 0 radical (unpaired) electrons. The van der Waals surface area contributed by atoms with Crippen molar-refractivity contribution < 1.29 is 12.8 Å². The van der Waals surface area contributed by atoms with E-state index < -0.39 is 15.8 Å². The Balaban J connectivity index is 2.02. The van der Waals surface area contributed by atoms with E-state index >= 15 is 0 Å². The summed E-state index contributed by atoms with van der Waals surface area (Å²) >= 11 is 0. The lowest BCUT2D eigenvalue weighted by atomic mass is 10.0. The lowest BCUT2D eigenvalue weighted by Gasteiger charge is -2.22. The summed E-state index contributed by atoms with van der Waals surface area (Å²) in [4.78, 5) is -0.0145. The van der Waals surface area contributed by atoms with Gasteiger partial charge in [0.1, 0.15) is 5.82 Å². The van der Waals surface area contributed by atoms with E-state index in [-0.39, 0.29) is 4.90 Å². The van der Waals surface area contributed by atoms with Crippen molar-refractivity contribution in [1.82, 2.24) is 10.0 Å². The second-order valence-electron chi connectivity index (χ2n) is 4.98. The van der Waals surface area contributed by atoms with Crippen LogP contribution in [0, 0.1) is 18.7 Å². The molecule has 6 heteroatoms. The smallest absolute Gasteiger partial charge is 0.240 e. The molecule has 1 aromatic carbocycles. The molecule has 1 aliphatic rings. The molecular weight excluding hydrogens is 267 g/mol. The van der Waals surface area contributed by atoms with Crippen molar-refractivity contribution in [2.24, 2.45) is 5.92 Å². The molecule has 1 heterocycles. The lowest BCUT2D eigenvalue weighted by molar-refractivity contribution is 0.376. The fourth-order valence-corrected chi connectivity index (χ4v) is 3.28. The Morgan fingerprint density at radius 1 is 1.47 bits per heavy atom. The molecule has 1 saturated heterocycles. The van der Waals surface area contributed by atoms with Crippen LogP contribution in [0.5, 0.6) is 0 Å². The number of hydrogen-bond donors (Lipinski definition) is 2. The quantitative estimate of drug-likeness (QED) is 0.880. The number of halogens is 1. The second-order valence-corrected chi connectivity index (χ2v) is 6.74. The summed E-state index contributed by atoms with van der Waals surface area (Å²) in [5, 5.41) is 3.23. The van der Waals surface area contributed by atoms with Gasteiger partial charge in [0.15, 0.2) is 0 Å². The Labute approximate surface area is 113 Å². The van der Waals surface area contributed by atoms with Crippen molar-refractivity contribution in [2.45, 2.75) is 24.7 Å². The van der Waals surface area contributed by atoms with E-state index in [2.05, 4.69) is 10.0 Å². The van der Waals surface area contributed by atoms with Gasteiger partial charge in [-0.25, -0.2) is 17.5 Å². The molecule has 1 atom stereocenters. The normalized spacial score (nSPS) is 20.4. The van der Waals surface area contributed by atoms with Crippen molar-refractivity contribution in [3.8, 4) is 0 Å². The second kappa shape index (κ2) is 5.98. The third-order valence-electron chi connectivity index (χ3n) is 3.41. The lowest BCUT2D eigenvalue weighted by Crippen LogP contribution is -2.38. The molecule has 0 unspecified atom stereocenters. The number of rotatable bonds is 4. The van der Waals surface area contributed by atoms with Crippen LogP contribution in [0.15, 0.2) is 23.1 Å². The van der Waals surface area contributed by atoms with E-state index in [0.29, 0.717) is 18.0 Å². The molecule has 106 valence electrons. The van der Waals surface area contributed by atoms with E-state index in [9.17, 15) is 12.8 Å². The van der Waals surface area contributed by atoms with Crippen LogP contribution in [0.2, 0.25) is 0 Å². The molecule has 4 nitrogen and oxygen atoms in total. The minimum Gasteiger partial charge on any atom is -0.316 e. The molecule has 0 aromatic heterocycles. The Morgan fingerprint density at radius 2 is 2.26 bits per heavy atom. The Kier molecular flexibility index (Phi) is 4.54. The van der Waals surface area contributed by atoms with E-state index in [4.69, 9.17) is 0 Å². The highest BCUT2D eigenvalue weighted by atomic mass is 32.2. The van der Waals surface area contributed by atoms with Gasteiger partial charge in [0.25, 0.3) is 0 Å². The predicted octanol–water partition coefficient (Wildman–Crippen LogP) is 1.41. The summed E-state index contributed by atoms with van der Waals surface area (Å²) in [5.41, 5.74) is 0.440. The molecule has 0 bridgehead atoms. The highest BCUT2D eigenvalue weighted by molar-refractivity contribution is 7.89. The van der Waals surface area contributed by atoms with E-state index in [1.807, 2.05) is 0 Å². The molecule has 0 spiro atoms. The van der Waals surface area contributed by atoms with Crippen molar-refractivity contribution in [1.29, 1.82) is 0 Å². The van der Waals surface area contributed by atoms with Gasteiger partial charge in [0, 0.05) is 6.54 Å². The molecule has 0 saturated carbocycles. The topological polar surface area (TPSA) is 58.2 Å². The minimum atomic E-state index is -3.62. The first-order valence-corrected chi connectivity index (χ1v) is 7.94. The van der Waals surface area contributed by atoms with E-state index in [1.54, 1.807) is 6.92 Å². The van der Waals surface area contributed by atoms with Gasteiger partial charge < -0.3 is 5.32 Å². The summed E-state index contributed by atoms with van der Waals surface area (Å²) in [6.07, 6.45) is 2.07. The Hall–Kier alpha value is -0.980. The van der Waals surface area contributed by atoms with E-state index in [0.717, 1.165) is 32.0 Å². The van der Waals surface area contributed by atoms with Crippen molar-refractivity contribution in [2.75, 3.05) is 19.6 Å². The molecule has 0 amide bonds. The van der Waals surface area contributed by atoms with Gasteiger partial charge in [-0.05, 0) is 56.5 Å². The van der Waals surface area contributed by atoms with Gasteiger partial charge in [-0.2, -0.15) is 0 Å². The molecule has 0 aliphatic carbocycles. The summed E-state index contributed by atoms with van der Waals surface area (Å²) in [7, 11) is -3.62. The fraction of sp³-hybridized carbons (Fsp3) is 0.538. The Morgan fingerprint density at radius 3 is 2.89 bits per heavy atom. The van der Waals surface area contributed by atoms with Crippen LogP contribution in [-0.2, 0) is 10.0 Å². The number of aryl methyl sites for hydroxylation is 1. The molecular formula is C13H19FN2O2S. The highest BCUT2D eigenvalue weighted by Gasteiger charge is 2.19. The number of benzene rings is 1. The molecule has 19 heavy (non-hydrogen) atoms. The zero-order valence-corrected chi connectivity index (χ0v) is 11.8. The Bertz CT molecular complexity index is 540. The number of sulfonamides is 1. The van der Waals surface area contributed by atoms with Crippen LogP contribution in [0.1, 0.15) is 18.4 Å². The van der Waals surface area contributed by atoms with Crippen molar-refractivity contribution in [3.05, 3.63) is 29.6 Å². The molecule has 1 aliphatic heterocycles. The number of hydrogen-bond acceptors (Lipinski definition) is 3. The third kappa shape index (κ3) is 3.75. The van der Waals surface area contributed by atoms with Crippen LogP contribution in [0.3, 0.4) is 0 Å². The first kappa shape index (κ1) is 14.4. The largest absolute Gasteiger partial charge is 0.316 e. The van der Waals surface area contributed by atoms with Gasteiger partial charge in [-0.15, -0.1) is 0 Å². The average molecular weight is 286 g/mol. The molecule has 1 fully saturated rings. The zero-order valence-electron chi connectivity index (χ0n) is 10.9. The SMILES string of the molecule is Cc1ccc(S(=O)(=O)NC[C@H]2CCCNC2)cc1F.